The number of benzene rings is 1. The summed E-state index contributed by atoms with van der Waals surface area (Å²) in [5, 5.41) is 9.62. The van der Waals surface area contributed by atoms with Crippen LogP contribution < -0.4 is 0 Å². The van der Waals surface area contributed by atoms with E-state index in [4.69, 9.17) is 0 Å². The predicted octanol–water partition coefficient (Wildman–Crippen LogP) is 1.31. The number of rotatable bonds is 0. The van der Waals surface area contributed by atoms with Crippen LogP contribution in [0.5, 0.6) is 0 Å². The van der Waals surface area contributed by atoms with Gasteiger partial charge in [0.25, 0.3) is 6.02 Å². The van der Waals surface area contributed by atoms with Crippen LogP contribution in [0, 0.1) is 0 Å². The number of amidine groups is 2. The normalized spacial score (nSPS) is 18.4. The van der Waals surface area contributed by atoms with E-state index in [-0.39, 0.29) is 6.02 Å². The molecule has 2 heterocycles. The van der Waals surface area contributed by atoms with E-state index in [1.54, 1.807) is 4.90 Å². The Morgan fingerprint density at radius 1 is 1.29 bits per heavy atom. The summed E-state index contributed by atoms with van der Waals surface area (Å²) in [6, 6.07) is 7.77. The molecule has 1 aromatic carbocycles. The fraction of sp³-hybridized carbons (Fsp3) is 0.200. The maximum atomic E-state index is 9.62. The van der Waals surface area contributed by atoms with Crippen LogP contribution in [0.1, 0.15) is 5.56 Å². The summed E-state index contributed by atoms with van der Waals surface area (Å²) in [6.07, 6.45) is 0. The van der Waals surface area contributed by atoms with Crippen molar-refractivity contribution in [1.82, 2.24) is 4.90 Å². The Balaban J connectivity index is 2.25. The molecule has 14 heavy (non-hydrogen) atoms. The first-order chi connectivity index (χ1) is 6.86. The average molecular weight is 187 g/mol. The zero-order valence-corrected chi connectivity index (χ0v) is 7.51. The maximum absolute atomic E-state index is 9.62. The molecule has 2 aliphatic heterocycles. The average Bonchev–Trinajstić information content (AvgIpc) is 2.67. The highest BCUT2D eigenvalue weighted by molar-refractivity contribution is 6.13. The number of hydrogen-bond donors (Lipinski definition) is 1. The molecular formula is C10H9N3O. The van der Waals surface area contributed by atoms with Crippen LogP contribution >= 0.6 is 0 Å². The van der Waals surface area contributed by atoms with E-state index in [2.05, 4.69) is 9.98 Å². The standard InChI is InChI=1S/C10H9N3O/c14-10-12-8-4-2-1-3-7(8)9-11-5-6-13(9)10/h1-4H,5-6H2,(H,12,14). The van der Waals surface area contributed by atoms with Gasteiger partial charge in [-0.25, -0.2) is 0 Å². The van der Waals surface area contributed by atoms with Gasteiger partial charge in [0.1, 0.15) is 5.84 Å². The van der Waals surface area contributed by atoms with Gasteiger partial charge < -0.3 is 5.11 Å². The van der Waals surface area contributed by atoms with E-state index >= 15 is 0 Å². The second kappa shape index (κ2) is 2.57. The number of fused-ring (bicyclic) bond motifs is 3. The van der Waals surface area contributed by atoms with Crippen LogP contribution in [0.3, 0.4) is 0 Å². The van der Waals surface area contributed by atoms with Crippen molar-refractivity contribution in [2.45, 2.75) is 0 Å². The Kier molecular flexibility index (Phi) is 1.39. The van der Waals surface area contributed by atoms with Crippen LogP contribution in [-0.2, 0) is 0 Å². The molecule has 0 atom stereocenters. The van der Waals surface area contributed by atoms with Crippen molar-refractivity contribution < 1.29 is 5.11 Å². The molecule has 1 N–H and O–H groups in total. The van der Waals surface area contributed by atoms with Crippen molar-refractivity contribution in [3.63, 3.8) is 0 Å². The van der Waals surface area contributed by atoms with E-state index in [0.717, 1.165) is 30.2 Å². The minimum absolute atomic E-state index is 0.0555. The predicted molar refractivity (Wildman–Crippen MR) is 54.3 cm³/mol. The third-order valence-electron chi connectivity index (χ3n) is 2.45. The summed E-state index contributed by atoms with van der Waals surface area (Å²) in [7, 11) is 0. The number of aliphatic hydroxyl groups is 1. The lowest BCUT2D eigenvalue weighted by Crippen LogP contribution is -2.36. The Morgan fingerprint density at radius 2 is 2.14 bits per heavy atom. The Bertz CT molecular complexity index is 450. The summed E-state index contributed by atoms with van der Waals surface area (Å²) < 4.78 is 0. The molecule has 0 bridgehead atoms. The van der Waals surface area contributed by atoms with Crippen LogP contribution in [0.2, 0.25) is 0 Å². The van der Waals surface area contributed by atoms with E-state index in [1.165, 1.54) is 0 Å². The molecule has 2 aliphatic rings. The maximum Gasteiger partial charge on any atom is 0.295 e. The van der Waals surface area contributed by atoms with Gasteiger partial charge in [-0.3, -0.25) is 9.89 Å². The van der Waals surface area contributed by atoms with Crippen molar-refractivity contribution in [2.75, 3.05) is 13.1 Å². The highest BCUT2D eigenvalue weighted by Gasteiger charge is 2.28. The molecule has 4 nitrogen and oxygen atoms in total. The molecule has 0 unspecified atom stereocenters. The molecule has 0 spiro atoms. The van der Waals surface area contributed by atoms with Gasteiger partial charge in [0.15, 0.2) is 0 Å². The van der Waals surface area contributed by atoms with E-state index in [9.17, 15) is 5.11 Å². The van der Waals surface area contributed by atoms with Gasteiger partial charge in [0.2, 0.25) is 0 Å². The zero-order chi connectivity index (χ0) is 9.54. The smallest absolute Gasteiger partial charge is 0.295 e. The van der Waals surface area contributed by atoms with Crippen LogP contribution in [0.15, 0.2) is 34.3 Å². The molecule has 3 rings (SSSR count). The molecule has 0 fully saturated rings. The second-order valence-corrected chi connectivity index (χ2v) is 3.29. The Morgan fingerprint density at radius 3 is 3.07 bits per heavy atom. The lowest BCUT2D eigenvalue weighted by atomic mass is 10.1. The van der Waals surface area contributed by atoms with Gasteiger partial charge in [0.05, 0.1) is 12.2 Å². The Labute approximate surface area is 81.2 Å². The van der Waals surface area contributed by atoms with E-state index in [1.807, 2.05) is 24.3 Å². The van der Waals surface area contributed by atoms with Crippen LogP contribution in [0.25, 0.3) is 0 Å². The highest BCUT2D eigenvalue weighted by Crippen LogP contribution is 2.27. The second-order valence-electron chi connectivity index (χ2n) is 3.29. The van der Waals surface area contributed by atoms with Crippen LogP contribution in [-0.4, -0.2) is 35.0 Å². The van der Waals surface area contributed by atoms with Crippen molar-refractivity contribution in [1.29, 1.82) is 0 Å². The first-order valence-corrected chi connectivity index (χ1v) is 4.55. The summed E-state index contributed by atoms with van der Waals surface area (Å²) in [4.78, 5) is 10.2. The SMILES string of the molecule is OC1=Nc2ccccc2C2=NCCN12. The van der Waals surface area contributed by atoms with E-state index < -0.39 is 0 Å². The quantitative estimate of drug-likeness (QED) is 0.665. The molecule has 0 aromatic heterocycles. The lowest BCUT2D eigenvalue weighted by molar-refractivity contribution is 0.444. The number of aliphatic hydroxyl groups excluding tert-OH is 1. The van der Waals surface area contributed by atoms with Gasteiger partial charge in [-0.05, 0) is 12.1 Å². The monoisotopic (exact) mass is 187 g/mol. The number of aliphatic imine (C=N–C) groups is 2. The molecular weight excluding hydrogens is 178 g/mol. The first kappa shape index (κ1) is 7.55. The summed E-state index contributed by atoms with van der Waals surface area (Å²) >= 11 is 0. The van der Waals surface area contributed by atoms with Crippen molar-refractivity contribution in [2.24, 2.45) is 9.98 Å². The number of hydrogen-bond acceptors (Lipinski definition) is 3. The lowest BCUT2D eigenvalue weighted by Gasteiger charge is -2.22. The Hall–Kier alpha value is -1.84. The van der Waals surface area contributed by atoms with Gasteiger partial charge in [-0.2, -0.15) is 4.99 Å². The van der Waals surface area contributed by atoms with Crippen molar-refractivity contribution in [3.05, 3.63) is 29.8 Å². The zero-order valence-electron chi connectivity index (χ0n) is 7.51. The van der Waals surface area contributed by atoms with Crippen molar-refractivity contribution in [3.8, 4) is 0 Å². The van der Waals surface area contributed by atoms with Gasteiger partial charge in [0, 0.05) is 12.1 Å². The van der Waals surface area contributed by atoms with Gasteiger partial charge in [-0.15, -0.1) is 0 Å². The molecule has 0 saturated heterocycles. The van der Waals surface area contributed by atoms with Crippen molar-refractivity contribution >= 4 is 17.5 Å². The van der Waals surface area contributed by atoms with Gasteiger partial charge >= 0.3 is 0 Å². The third-order valence-corrected chi connectivity index (χ3v) is 2.45. The number of nitrogens with zero attached hydrogens (tertiary/aromatic N) is 3. The summed E-state index contributed by atoms with van der Waals surface area (Å²) in [5.74, 6) is 0.841. The fourth-order valence-corrected chi connectivity index (χ4v) is 1.80. The fourth-order valence-electron chi connectivity index (χ4n) is 1.80. The van der Waals surface area contributed by atoms with E-state index in [0.29, 0.717) is 0 Å². The third kappa shape index (κ3) is 0.878. The topological polar surface area (TPSA) is 48.2 Å². The molecule has 1 aromatic rings. The summed E-state index contributed by atoms with van der Waals surface area (Å²) in [5.41, 5.74) is 1.80. The first-order valence-electron chi connectivity index (χ1n) is 4.55. The number of para-hydroxylation sites is 1. The minimum atomic E-state index is 0.0555. The largest absolute Gasteiger partial charge is 0.480 e. The minimum Gasteiger partial charge on any atom is -0.480 e. The van der Waals surface area contributed by atoms with Gasteiger partial charge in [-0.1, -0.05) is 12.1 Å². The molecule has 0 amide bonds. The molecule has 0 aliphatic carbocycles. The summed E-state index contributed by atoms with van der Waals surface area (Å²) in [6.45, 7) is 1.45. The molecule has 4 heteroatoms. The molecule has 70 valence electrons. The molecule has 0 radical (unpaired) electrons. The van der Waals surface area contributed by atoms with Crippen LogP contribution in [0.4, 0.5) is 5.69 Å². The molecule has 0 saturated carbocycles. The highest BCUT2D eigenvalue weighted by atomic mass is 16.3.